The van der Waals surface area contributed by atoms with Crippen LogP contribution >= 0.6 is 47.0 Å². The van der Waals surface area contributed by atoms with Gasteiger partial charge in [0.05, 0.1) is 20.8 Å². The molecule has 0 aliphatic heterocycles. The Hall–Kier alpha value is -0.550. The molecule has 0 heterocycles. The molecule has 2 rings (SSSR count). The second-order valence-electron chi connectivity index (χ2n) is 5.79. The van der Waals surface area contributed by atoms with Crippen molar-refractivity contribution in [3.8, 4) is 0 Å². The lowest BCUT2D eigenvalue weighted by molar-refractivity contribution is -0.120. The number of carbonyl (C=O) groups excluding carboxylic acids is 1. The quantitative estimate of drug-likeness (QED) is 0.500. The fraction of sp³-hybridized carbons (Fsp3) is 0.500. The van der Waals surface area contributed by atoms with Gasteiger partial charge in [-0.3, -0.25) is 4.79 Å². The Kier molecular flexibility index (Phi) is 7.41. The molecule has 0 atom stereocenters. The largest absolute Gasteiger partial charge is 0.331 e. The minimum atomic E-state index is -0.0794. The van der Waals surface area contributed by atoms with Crippen LogP contribution in [-0.2, 0) is 4.79 Å². The summed E-state index contributed by atoms with van der Waals surface area (Å²) in [5.41, 5.74) is 0.513. The molecule has 7 heteroatoms. The van der Waals surface area contributed by atoms with Gasteiger partial charge in [0.25, 0.3) is 0 Å². The first-order valence-corrected chi connectivity index (χ1v) is 9.25. The van der Waals surface area contributed by atoms with E-state index in [0.29, 0.717) is 33.1 Å². The summed E-state index contributed by atoms with van der Waals surface area (Å²) in [5.74, 6) is 0.588. The third-order valence-electron chi connectivity index (χ3n) is 4.02. The number of anilines is 1. The maximum absolute atomic E-state index is 12.0. The number of benzene rings is 1. The molecule has 1 aliphatic rings. The lowest BCUT2D eigenvalue weighted by Crippen LogP contribution is -2.34. The summed E-state index contributed by atoms with van der Waals surface area (Å²) >= 11 is 23.0. The van der Waals surface area contributed by atoms with E-state index >= 15 is 0 Å². The molecule has 1 saturated carbocycles. The Balaban J connectivity index is 1.79. The van der Waals surface area contributed by atoms with Crippen LogP contribution < -0.4 is 10.6 Å². The summed E-state index contributed by atoms with van der Waals surface area (Å²) in [7, 11) is 0. The predicted molar refractivity (Wildman–Crippen MR) is 102 cm³/mol. The van der Waals surface area contributed by atoms with E-state index in [2.05, 4.69) is 10.6 Å². The molecule has 1 amide bonds. The number of hydrogen-bond acceptors (Lipinski definition) is 2. The summed E-state index contributed by atoms with van der Waals surface area (Å²) in [5, 5.41) is 6.87. The molecule has 1 aromatic rings. The summed E-state index contributed by atoms with van der Waals surface area (Å²) in [6.07, 6.45) is 7.75. The molecule has 0 bridgehead atoms. The van der Waals surface area contributed by atoms with Crippen LogP contribution in [0.3, 0.4) is 0 Å². The van der Waals surface area contributed by atoms with E-state index in [1.165, 1.54) is 38.2 Å². The fourth-order valence-electron chi connectivity index (χ4n) is 2.77. The number of halogens is 3. The van der Waals surface area contributed by atoms with Crippen LogP contribution in [0.4, 0.5) is 5.69 Å². The Morgan fingerprint density at radius 3 is 2.43 bits per heavy atom. The van der Waals surface area contributed by atoms with Crippen LogP contribution in [-0.4, -0.2) is 11.0 Å². The highest BCUT2D eigenvalue weighted by atomic mass is 35.5. The molecule has 0 aromatic heterocycles. The molecular formula is C16H19Cl3N2OS. The second-order valence-corrected chi connectivity index (χ2v) is 7.42. The van der Waals surface area contributed by atoms with E-state index in [0.717, 1.165) is 6.42 Å². The zero-order valence-corrected chi connectivity index (χ0v) is 15.7. The Morgan fingerprint density at radius 2 is 1.74 bits per heavy atom. The van der Waals surface area contributed by atoms with Crippen molar-refractivity contribution >= 4 is 63.7 Å². The van der Waals surface area contributed by atoms with Gasteiger partial charge in [-0.05, 0) is 36.7 Å². The van der Waals surface area contributed by atoms with Crippen LogP contribution in [0.25, 0.3) is 0 Å². The third kappa shape index (κ3) is 6.11. The first-order valence-electron chi connectivity index (χ1n) is 7.71. The average molecular weight is 394 g/mol. The molecule has 0 spiro atoms. The maximum atomic E-state index is 12.0. The topological polar surface area (TPSA) is 41.1 Å². The van der Waals surface area contributed by atoms with Gasteiger partial charge in [-0.25, -0.2) is 0 Å². The molecule has 1 aromatic carbocycles. The van der Waals surface area contributed by atoms with Crippen LogP contribution in [0.2, 0.25) is 15.1 Å². The first-order chi connectivity index (χ1) is 11.0. The predicted octanol–water partition coefficient (Wildman–Crippen LogP) is 5.82. The van der Waals surface area contributed by atoms with E-state index in [4.69, 9.17) is 47.0 Å². The van der Waals surface area contributed by atoms with Crippen molar-refractivity contribution in [3.05, 3.63) is 27.2 Å². The Bertz CT molecular complexity index is 589. The average Bonchev–Trinajstić information content (AvgIpc) is 2.51. The van der Waals surface area contributed by atoms with E-state index < -0.39 is 0 Å². The highest BCUT2D eigenvalue weighted by Crippen LogP contribution is 2.32. The normalized spacial score (nSPS) is 15.3. The fourth-order valence-corrected chi connectivity index (χ4v) is 3.59. The summed E-state index contributed by atoms with van der Waals surface area (Å²) in [4.78, 5) is 12.0. The van der Waals surface area contributed by atoms with Gasteiger partial charge < -0.3 is 10.6 Å². The molecule has 0 radical (unpaired) electrons. The van der Waals surface area contributed by atoms with Crippen molar-refractivity contribution < 1.29 is 4.79 Å². The molecular weight excluding hydrogens is 375 g/mol. The van der Waals surface area contributed by atoms with Crippen molar-refractivity contribution in [2.75, 3.05) is 5.32 Å². The summed E-state index contributed by atoms with van der Waals surface area (Å²) < 4.78 is 0. The Labute approximate surface area is 157 Å². The Morgan fingerprint density at radius 1 is 1.09 bits per heavy atom. The number of carbonyl (C=O) groups is 1. The molecule has 23 heavy (non-hydrogen) atoms. The third-order valence-corrected chi connectivity index (χ3v) is 5.25. The number of hydrogen-bond donors (Lipinski definition) is 2. The summed E-state index contributed by atoms with van der Waals surface area (Å²) in [6.45, 7) is 0. The van der Waals surface area contributed by atoms with Gasteiger partial charge in [-0.1, -0.05) is 66.9 Å². The number of thiocarbonyl (C=S) groups is 1. The lowest BCUT2D eigenvalue weighted by atomic mass is 9.86. The van der Waals surface area contributed by atoms with Crippen molar-refractivity contribution in [3.63, 3.8) is 0 Å². The monoisotopic (exact) mass is 392 g/mol. The van der Waals surface area contributed by atoms with Gasteiger partial charge in [0.2, 0.25) is 5.91 Å². The second kappa shape index (κ2) is 9.07. The molecule has 1 fully saturated rings. The number of rotatable bonds is 4. The van der Waals surface area contributed by atoms with Gasteiger partial charge >= 0.3 is 0 Å². The number of nitrogens with one attached hydrogen (secondary N) is 2. The molecule has 3 nitrogen and oxygen atoms in total. The van der Waals surface area contributed by atoms with E-state index in [1.54, 1.807) is 6.07 Å². The van der Waals surface area contributed by atoms with Crippen LogP contribution in [0.5, 0.6) is 0 Å². The van der Waals surface area contributed by atoms with Crippen LogP contribution in [0, 0.1) is 5.92 Å². The van der Waals surface area contributed by atoms with Gasteiger partial charge in [-0.2, -0.15) is 0 Å². The van der Waals surface area contributed by atoms with Gasteiger partial charge in [0, 0.05) is 6.42 Å². The lowest BCUT2D eigenvalue weighted by Gasteiger charge is -2.21. The van der Waals surface area contributed by atoms with Gasteiger partial charge in [0.15, 0.2) is 5.11 Å². The number of amides is 1. The van der Waals surface area contributed by atoms with Gasteiger partial charge in [0.1, 0.15) is 0 Å². The molecule has 0 unspecified atom stereocenters. The zero-order chi connectivity index (χ0) is 16.8. The summed E-state index contributed by atoms with van der Waals surface area (Å²) in [6, 6.07) is 3.11. The smallest absolute Gasteiger partial charge is 0.226 e. The maximum Gasteiger partial charge on any atom is 0.226 e. The van der Waals surface area contributed by atoms with Crippen molar-refractivity contribution in [1.29, 1.82) is 0 Å². The van der Waals surface area contributed by atoms with Crippen LogP contribution in [0.15, 0.2) is 12.1 Å². The minimum absolute atomic E-state index is 0.0794. The van der Waals surface area contributed by atoms with Crippen molar-refractivity contribution in [1.82, 2.24) is 5.32 Å². The molecule has 1 aliphatic carbocycles. The zero-order valence-electron chi connectivity index (χ0n) is 12.6. The highest BCUT2D eigenvalue weighted by molar-refractivity contribution is 7.80. The standard InChI is InChI=1S/C16H19Cl3N2OS/c17-11-8-13(19)14(9-12(11)18)20-16(23)21-15(22)7-6-10-4-2-1-3-5-10/h8-10H,1-7H2,(H2,20,21,22,23). The van der Waals surface area contributed by atoms with Crippen molar-refractivity contribution in [2.45, 2.75) is 44.9 Å². The first kappa shape index (κ1) is 18.8. The highest BCUT2D eigenvalue weighted by Gasteiger charge is 2.15. The van der Waals surface area contributed by atoms with E-state index in [-0.39, 0.29) is 11.0 Å². The van der Waals surface area contributed by atoms with Crippen molar-refractivity contribution in [2.24, 2.45) is 5.92 Å². The van der Waals surface area contributed by atoms with E-state index in [9.17, 15) is 4.79 Å². The van der Waals surface area contributed by atoms with Crippen LogP contribution in [0.1, 0.15) is 44.9 Å². The SMILES string of the molecule is O=C(CCC1CCCCC1)NC(=S)Nc1cc(Cl)c(Cl)cc1Cl. The molecule has 2 N–H and O–H groups in total. The van der Waals surface area contributed by atoms with E-state index in [1.807, 2.05) is 0 Å². The molecule has 126 valence electrons. The molecule has 0 saturated heterocycles. The van der Waals surface area contributed by atoms with Gasteiger partial charge in [-0.15, -0.1) is 0 Å². The minimum Gasteiger partial charge on any atom is -0.331 e.